The molecule has 0 saturated carbocycles. The number of para-hydroxylation sites is 1. The number of rotatable bonds is 7. The fraction of sp³-hybridized carbons (Fsp3) is 0.308. The van der Waals surface area contributed by atoms with Gasteiger partial charge in [0.05, 0.1) is 30.9 Å². The standard InChI is InChI=1S/C26H26N4O5/c1-15-10-21(31)23(26(34)29(15)9-7-18-13-27-14-28-18)19(12-22(32)35-2)20-11-17-5-3-4-16-6-8-30(24(16)17)25(20)33/h3-5,10-11,13-14,19,31H,6-9,12H2,1-2H3,(H,27,28)/t19-/m0/s1. The predicted octanol–water partition coefficient (Wildman–Crippen LogP) is 2.39. The lowest BCUT2D eigenvalue weighted by Crippen LogP contribution is -2.32. The number of hydrogen-bond acceptors (Lipinski definition) is 6. The summed E-state index contributed by atoms with van der Waals surface area (Å²) < 4.78 is 8.15. The molecule has 0 unspecified atom stereocenters. The molecule has 2 N–H and O–H groups in total. The summed E-state index contributed by atoms with van der Waals surface area (Å²) in [6.45, 7) is 2.61. The molecule has 0 amide bonds. The molecule has 0 spiro atoms. The van der Waals surface area contributed by atoms with Gasteiger partial charge < -0.3 is 24.0 Å². The second-order valence-electron chi connectivity index (χ2n) is 8.86. The molecule has 1 aliphatic heterocycles. The van der Waals surface area contributed by atoms with E-state index < -0.39 is 17.4 Å². The van der Waals surface area contributed by atoms with Crippen molar-refractivity contribution in [1.82, 2.24) is 19.1 Å². The zero-order valence-electron chi connectivity index (χ0n) is 19.6. The van der Waals surface area contributed by atoms with Crippen LogP contribution in [0.5, 0.6) is 5.75 Å². The Morgan fingerprint density at radius 2 is 2.09 bits per heavy atom. The summed E-state index contributed by atoms with van der Waals surface area (Å²) >= 11 is 0. The molecule has 1 aliphatic rings. The Bertz CT molecular complexity index is 1550. The summed E-state index contributed by atoms with van der Waals surface area (Å²) in [5.41, 5.74) is 3.01. The highest BCUT2D eigenvalue weighted by molar-refractivity contribution is 5.84. The van der Waals surface area contributed by atoms with Crippen molar-refractivity contribution in [1.29, 1.82) is 0 Å². The van der Waals surface area contributed by atoms with Crippen molar-refractivity contribution in [2.24, 2.45) is 0 Å². The van der Waals surface area contributed by atoms with E-state index in [0.29, 0.717) is 30.8 Å². The number of aromatic hydroxyl groups is 1. The van der Waals surface area contributed by atoms with E-state index in [9.17, 15) is 19.5 Å². The van der Waals surface area contributed by atoms with Crippen LogP contribution >= 0.6 is 0 Å². The van der Waals surface area contributed by atoms with Gasteiger partial charge in [0, 0.05) is 48.6 Å². The van der Waals surface area contributed by atoms with Crippen molar-refractivity contribution in [3.63, 3.8) is 0 Å². The Morgan fingerprint density at radius 3 is 2.83 bits per heavy atom. The van der Waals surface area contributed by atoms with Crippen molar-refractivity contribution >= 4 is 16.9 Å². The van der Waals surface area contributed by atoms with Gasteiger partial charge in [0.1, 0.15) is 5.75 Å². The monoisotopic (exact) mass is 474 g/mol. The van der Waals surface area contributed by atoms with E-state index in [1.165, 1.54) is 13.2 Å². The number of benzene rings is 1. The molecule has 5 rings (SSSR count). The van der Waals surface area contributed by atoms with E-state index >= 15 is 0 Å². The Kier molecular flexibility index (Phi) is 5.76. The van der Waals surface area contributed by atoms with E-state index in [1.807, 2.05) is 18.2 Å². The van der Waals surface area contributed by atoms with E-state index in [-0.39, 0.29) is 23.3 Å². The normalized spacial score (nSPS) is 13.3. The third kappa shape index (κ3) is 3.92. The third-order valence-electron chi connectivity index (χ3n) is 6.83. The van der Waals surface area contributed by atoms with Crippen LogP contribution in [0, 0.1) is 6.92 Å². The molecular formula is C26H26N4O5. The summed E-state index contributed by atoms with van der Waals surface area (Å²) in [6.07, 6.45) is 4.28. The molecular weight excluding hydrogens is 448 g/mol. The smallest absolute Gasteiger partial charge is 0.306 e. The highest BCUT2D eigenvalue weighted by Gasteiger charge is 2.30. The number of hydrogen-bond donors (Lipinski definition) is 2. The molecule has 0 saturated heterocycles. The lowest BCUT2D eigenvalue weighted by atomic mass is 9.88. The highest BCUT2D eigenvalue weighted by Crippen LogP contribution is 2.34. The number of carbonyl (C=O) groups is 1. The van der Waals surface area contributed by atoms with Crippen LogP contribution in [0.1, 0.15) is 40.4 Å². The molecule has 9 heteroatoms. The van der Waals surface area contributed by atoms with E-state index in [0.717, 1.165) is 28.6 Å². The third-order valence-corrected chi connectivity index (χ3v) is 6.83. The van der Waals surface area contributed by atoms with Crippen LogP contribution in [0.25, 0.3) is 10.9 Å². The van der Waals surface area contributed by atoms with Gasteiger partial charge in [-0.25, -0.2) is 4.98 Å². The zero-order valence-corrected chi connectivity index (χ0v) is 19.6. The van der Waals surface area contributed by atoms with Gasteiger partial charge in [-0.2, -0.15) is 0 Å². The minimum atomic E-state index is -0.959. The average Bonchev–Trinajstić information content (AvgIpc) is 3.51. The van der Waals surface area contributed by atoms with Gasteiger partial charge >= 0.3 is 5.97 Å². The first-order valence-corrected chi connectivity index (χ1v) is 11.5. The quantitative estimate of drug-likeness (QED) is 0.397. The molecule has 4 heterocycles. The first-order chi connectivity index (χ1) is 16.9. The van der Waals surface area contributed by atoms with Crippen LogP contribution in [0.2, 0.25) is 0 Å². The van der Waals surface area contributed by atoms with Crippen LogP contribution in [-0.4, -0.2) is 37.3 Å². The predicted molar refractivity (Wildman–Crippen MR) is 130 cm³/mol. The molecule has 1 aromatic carbocycles. The molecule has 0 fully saturated rings. The van der Waals surface area contributed by atoms with Crippen LogP contribution in [0.4, 0.5) is 0 Å². The maximum absolute atomic E-state index is 13.7. The molecule has 3 aromatic heterocycles. The summed E-state index contributed by atoms with van der Waals surface area (Å²) in [4.78, 5) is 46.8. The second kappa shape index (κ2) is 8.90. The number of methoxy groups -OCH3 is 1. The number of carbonyl (C=O) groups excluding carboxylic acids is 1. The molecule has 1 atom stereocenters. The topological polar surface area (TPSA) is 119 Å². The molecule has 0 aliphatic carbocycles. The van der Waals surface area contributed by atoms with Crippen molar-refractivity contribution < 1.29 is 14.6 Å². The summed E-state index contributed by atoms with van der Waals surface area (Å²) in [5.74, 6) is -1.78. The number of aryl methyl sites for hydroxylation is 4. The van der Waals surface area contributed by atoms with Crippen LogP contribution in [-0.2, 0) is 35.5 Å². The number of nitrogens with one attached hydrogen (secondary N) is 1. The zero-order chi connectivity index (χ0) is 24.7. The average molecular weight is 475 g/mol. The fourth-order valence-corrected chi connectivity index (χ4v) is 5.09. The van der Waals surface area contributed by atoms with Gasteiger partial charge in [0.25, 0.3) is 11.1 Å². The molecule has 0 radical (unpaired) electrons. The van der Waals surface area contributed by atoms with Crippen molar-refractivity contribution in [3.8, 4) is 5.75 Å². The van der Waals surface area contributed by atoms with Gasteiger partial charge in [-0.15, -0.1) is 0 Å². The number of aromatic amines is 1. The summed E-state index contributed by atoms with van der Waals surface area (Å²) in [5, 5.41) is 11.8. The molecule has 35 heavy (non-hydrogen) atoms. The van der Waals surface area contributed by atoms with Crippen LogP contribution in [0.3, 0.4) is 0 Å². The van der Waals surface area contributed by atoms with Crippen molar-refractivity contribution in [2.75, 3.05) is 7.11 Å². The van der Waals surface area contributed by atoms with Crippen molar-refractivity contribution in [2.45, 2.75) is 45.2 Å². The molecule has 4 aromatic rings. The lowest BCUT2D eigenvalue weighted by molar-refractivity contribution is -0.140. The van der Waals surface area contributed by atoms with Gasteiger partial charge in [-0.3, -0.25) is 14.4 Å². The molecule has 0 bridgehead atoms. The Balaban J connectivity index is 1.68. The second-order valence-corrected chi connectivity index (χ2v) is 8.86. The molecule has 9 nitrogen and oxygen atoms in total. The number of pyridine rings is 2. The van der Waals surface area contributed by atoms with E-state index in [2.05, 4.69) is 9.97 Å². The largest absolute Gasteiger partial charge is 0.507 e. The minimum Gasteiger partial charge on any atom is -0.507 e. The number of ether oxygens (including phenoxy) is 1. The number of H-pyrrole nitrogens is 1. The summed E-state index contributed by atoms with van der Waals surface area (Å²) in [7, 11) is 1.26. The maximum Gasteiger partial charge on any atom is 0.306 e. The first kappa shape index (κ1) is 22.6. The Morgan fingerprint density at radius 1 is 1.26 bits per heavy atom. The first-order valence-electron chi connectivity index (χ1n) is 11.5. The number of nitrogens with zero attached hydrogens (tertiary/aromatic N) is 3. The van der Waals surface area contributed by atoms with Crippen LogP contribution in [0.15, 0.2) is 52.4 Å². The Labute approximate surface area is 200 Å². The van der Waals surface area contributed by atoms with Gasteiger partial charge in [0.15, 0.2) is 0 Å². The lowest BCUT2D eigenvalue weighted by Gasteiger charge is -2.21. The fourth-order valence-electron chi connectivity index (χ4n) is 5.09. The van der Waals surface area contributed by atoms with E-state index in [4.69, 9.17) is 4.74 Å². The van der Waals surface area contributed by atoms with Gasteiger partial charge in [-0.05, 0) is 36.4 Å². The Hall–Kier alpha value is -4.14. The minimum absolute atomic E-state index is 0.0176. The maximum atomic E-state index is 13.7. The molecule has 180 valence electrons. The summed E-state index contributed by atoms with van der Waals surface area (Å²) in [6, 6.07) is 9.09. The SMILES string of the molecule is COC(=O)C[C@H](c1c(O)cc(C)n(CCc2cnc[nH]2)c1=O)c1cc2cccc3c2n(c1=O)CC3. The number of aromatic nitrogens is 4. The van der Waals surface area contributed by atoms with Crippen LogP contribution < -0.4 is 11.1 Å². The van der Waals surface area contributed by atoms with Gasteiger partial charge in [0.2, 0.25) is 0 Å². The highest BCUT2D eigenvalue weighted by atomic mass is 16.5. The van der Waals surface area contributed by atoms with Gasteiger partial charge in [-0.1, -0.05) is 18.2 Å². The number of esters is 1. The van der Waals surface area contributed by atoms with E-state index in [1.54, 1.807) is 34.6 Å². The van der Waals surface area contributed by atoms with Crippen molar-refractivity contribution in [3.05, 3.63) is 91.6 Å². The number of imidazole rings is 1.